The van der Waals surface area contributed by atoms with Crippen LogP contribution in [0.15, 0.2) is 24.4 Å². The first-order valence-corrected chi connectivity index (χ1v) is 9.97. The van der Waals surface area contributed by atoms with Gasteiger partial charge < -0.3 is 24.4 Å². The summed E-state index contributed by atoms with van der Waals surface area (Å²) in [6, 6.07) is 5.11. The number of nitrogens with one attached hydrogen (secondary N) is 2. The Kier molecular flexibility index (Phi) is 7.37. The fourth-order valence-electron chi connectivity index (χ4n) is 3.45. The van der Waals surface area contributed by atoms with E-state index in [2.05, 4.69) is 10.3 Å². The van der Waals surface area contributed by atoms with Gasteiger partial charge in [0.15, 0.2) is 0 Å². The molecule has 2 aromatic rings. The highest BCUT2D eigenvalue weighted by Crippen LogP contribution is 2.28. The second-order valence-electron chi connectivity index (χ2n) is 6.88. The summed E-state index contributed by atoms with van der Waals surface area (Å²) in [6.07, 6.45) is 2.46. The van der Waals surface area contributed by atoms with E-state index in [4.69, 9.17) is 14.2 Å². The zero-order valence-electron chi connectivity index (χ0n) is 17.0. The Morgan fingerprint density at radius 2 is 2.03 bits per heavy atom. The molecule has 2 N–H and O–H groups in total. The smallest absolute Gasteiger partial charge is 0.341 e. The highest BCUT2D eigenvalue weighted by atomic mass is 16.5. The number of methoxy groups -OCH3 is 1. The van der Waals surface area contributed by atoms with Crippen LogP contribution in [0, 0.1) is 0 Å². The van der Waals surface area contributed by atoms with Crippen LogP contribution in [0.25, 0.3) is 10.9 Å². The number of aromatic nitrogens is 1. The van der Waals surface area contributed by atoms with Gasteiger partial charge in [0.05, 0.1) is 50.2 Å². The summed E-state index contributed by atoms with van der Waals surface area (Å²) >= 11 is 0. The summed E-state index contributed by atoms with van der Waals surface area (Å²) in [6.45, 7) is 7.42. The quantitative estimate of drug-likeness (QED) is 0.501. The number of fused-ring (bicyclic) bond motifs is 1. The van der Waals surface area contributed by atoms with Crippen LogP contribution in [0.1, 0.15) is 34.1 Å². The highest BCUT2D eigenvalue weighted by Gasteiger charge is 2.19. The van der Waals surface area contributed by atoms with Gasteiger partial charge in [-0.25, -0.2) is 9.59 Å². The Labute approximate surface area is 170 Å². The van der Waals surface area contributed by atoms with Crippen LogP contribution in [0.3, 0.4) is 0 Å². The SMILES string of the molecule is CCOC(=O)c1cnc2ccc(C(=O)OC)cc2c1NCCC[NH+]1CCOCC1. The van der Waals surface area contributed by atoms with Crippen LogP contribution in [0.5, 0.6) is 0 Å². The van der Waals surface area contributed by atoms with E-state index in [0.717, 1.165) is 39.3 Å². The second-order valence-corrected chi connectivity index (χ2v) is 6.88. The van der Waals surface area contributed by atoms with Gasteiger partial charge in [0.1, 0.15) is 18.7 Å². The third-order valence-corrected chi connectivity index (χ3v) is 4.99. The molecule has 0 spiro atoms. The molecule has 0 saturated carbocycles. The molecular weight excluding hydrogens is 374 g/mol. The molecule has 1 aliphatic heterocycles. The Bertz CT molecular complexity index is 865. The average Bonchev–Trinajstić information content (AvgIpc) is 2.76. The fourth-order valence-corrected chi connectivity index (χ4v) is 3.45. The molecule has 1 saturated heterocycles. The largest absolute Gasteiger partial charge is 0.465 e. The lowest BCUT2D eigenvalue weighted by molar-refractivity contribution is -0.908. The van der Waals surface area contributed by atoms with Gasteiger partial charge >= 0.3 is 11.9 Å². The van der Waals surface area contributed by atoms with Gasteiger partial charge in [-0.05, 0) is 25.1 Å². The van der Waals surface area contributed by atoms with Crippen LogP contribution < -0.4 is 10.2 Å². The lowest BCUT2D eigenvalue weighted by Crippen LogP contribution is -3.14. The molecule has 8 nitrogen and oxygen atoms in total. The molecule has 1 fully saturated rings. The molecule has 29 heavy (non-hydrogen) atoms. The van der Waals surface area contributed by atoms with Crippen molar-refractivity contribution in [2.45, 2.75) is 13.3 Å². The summed E-state index contributed by atoms with van der Waals surface area (Å²) in [5.41, 5.74) is 2.09. The Hall–Kier alpha value is -2.71. The van der Waals surface area contributed by atoms with Crippen molar-refractivity contribution in [1.82, 2.24) is 4.98 Å². The van der Waals surface area contributed by atoms with Crippen molar-refractivity contribution in [1.29, 1.82) is 0 Å². The van der Waals surface area contributed by atoms with Gasteiger partial charge in [-0.15, -0.1) is 0 Å². The molecule has 156 valence electrons. The fraction of sp³-hybridized carbons (Fsp3) is 0.476. The number of carbonyl (C=O) groups excluding carboxylic acids is 2. The van der Waals surface area contributed by atoms with Crippen molar-refractivity contribution in [3.63, 3.8) is 0 Å². The molecule has 0 atom stereocenters. The van der Waals surface area contributed by atoms with Crippen molar-refractivity contribution < 1.29 is 28.7 Å². The number of hydrogen-bond acceptors (Lipinski definition) is 7. The van der Waals surface area contributed by atoms with E-state index in [1.54, 1.807) is 25.1 Å². The molecule has 2 heterocycles. The molecular formula is C21H28N3O5+. The zero-order valence-corrected chi connectivity index (χ0v) is 17.0. The number of carbonyl (C=O) groups is 2. The highest BCUT2D eigenvalue weighted by molar-refractivity contribution is 6.06. The van der Waals surface area contributed by atoms with Gasteiger partial charge in [-0.1, -0.05) is 0 Å². The van der Waals surface area contributed by atoms with Gasteiger partial charge in [0, 0.05) is 24.5 Å². The van der Waals surface area contributed by atoms with E-state index in [-0.39, 0.29) is 6.61 Å². The Balaban J connectivity index is 1.84. The minimum atomic E-state index is -0.438. The number of quaternary nitrogens is 1. The lowest BCUT2D eigenvalue weighted by atomic mass is 10.1. The van der Waals surface area contributed by atoms with Crippen molar-refractivity contribution in [2.24, 2.45) is 0 Å². The van der Waals surface area contributed by atoms with Crippen LogP contribution >= 0.6 is 0 Å². The third kappa shape index (κ3) is 5.21. The normalized spacial score (nSPS) is 14.6. The predicted molar refractivity (Wildman–Crippen MR) is 109 cm³/mol. The molecule has 1 aromatic carbocycles. The Morgan fingerprint density at radius 1 is 1.24 bits per heavy atom. The molecule has 0 bridgehead atoms. The Morgan fingerprint density at radius 3 is 2.76 bits per heavy atom. The van der Waals surface area contributed by atoms with Crippen LogP contribution in [0.2, 0.25) is 0 Å². The van der Waals surface area contributed by atoms with Crippen LogP contribution in [-0.4, -0.2) is 70.0 Å². The summed E-state index contributed by atoms with van der Waals surface area (Å²) < 4.78 is 15.4. The topological polar surface area (TPSA) is 91.2 Å². The summed E-state index contributed by atoms with van der Waals surface area (Å²) in [4.78, 5) is 30.3. The minimum Gasteiger partial charge on any atom is -0.465 e. The van der Waals surface area contributed by atoms with Gasteiger partial charge in [0.25, 0.3) is 0 Å². The van der Waals surface area contributed by atoms with E-state index in [1.807, 2.05) is 0 Å². The number of anilines is 1. The number of rotatable bonds is 8. The maximum Gasteiger partial charge on any atom is 0.341 e. The average molecular weight is 402 g/mol. The van der Waals surface area contributed by atoms with E-state index in [0.29, 0.717) is 34.3 Å². The summed E-state index contributed by atoms with van der Waals surface area (Å²) in [5.74, 6) is -0.873. The van der Waals surface area contributed by atoms with E-state index >= 15 is 0 Å². The van der Waals surface area contributed by atoms with Crippen LogP contribution in [0.4, 0.5) is 5.69 Å². The predicted octanol–water partition coefficient (Wildman–Crippen LogP) is 0.915. The maximum atomic E-state index is 12.5. The molecule has 1 aliphatic rings. The summed E-state index contributed by atoms with van der Waals surface area (Å²) in [5, 5.41) is 4.07. The minimum absolute atomic E-state index is 0.277. The molecule has 0 radical (unpaired) electrons. The van der Waals surface area contributed by atoms with Crippen molar-refractivity contribution in [2.75, 3.05) is 58.4 Å². The molecule has 0 unspecified atom stereocenters. The summed E-state index contributed by atoms with van der Waals surface area (Å²) in [7, 11) is 1.34. The third-order valence-electron chi connectivity index (χ3n) is 4.99. The zero-order chi connectivity index (χ0) is 20.6. The standard InChI is InChI=1S/C21H27N3O5/c1-3-29-21(26)17-14-23-18-6-5-15(20(25)27-2)13-16(18)19(17)22-7-4-8-24-9-11-28-12-10-24/h5-6,13-14H,3-4,7-12H2,1-2H3,(H,22,23)/p+1. The van der Waals surface area contributed by atoms with Crippen molar-refractivity contribution in [3.05, 3.63) is 35.5 Å². The van der Waals surface area contributed by atoms with Gasteiger partial charge in [0.2, 0.25) is 0 Å². The van der Waals surface area contributed by atoms with Gasteiger partial charge in [-0.3, -0.25) is 4.98 Å². The van der Waals surface area contributed by atoms with Crippen molar-refractivity contribution >= 4 is 28.5 Å². The maximum absolute atomic E-state index is 12.5. The van der Waals surface area contributed by atoms with Gasteiger partial charge in [-0.2, -0.15) is 0 Å². The molecule has 0 aliphatic carbocycles. The van der Waals surface area contributed by atoms with Crippen molar-refractivity contribution in [3.8, 4) is 0 Å². The first-order chi connectivity index (χ1) is 14.1. The number of nitrogens with zero attached hydrogens (tertiary/aromatic N) is 1. The first-order valence-electron chi connectivity index (χ1n) is 9.97. The number of benzene rings is 1. The van der Waals surface area contributed by atoms with E-state index in [9.17, 15) is 9.59 Å². The number of pyridine rings is 1. The number of ether oxygens (including phenoxy) is 3. The number of esters is 2. The van der Waals surface area contributed by atoms with E-state index < -0.39 is 11.9 Å². The van der Waals surface area contributed by atoms with Crippen LogP contribution in [-0.2, 0) is 14.2 Å². The monoisotopic (exact) mass is 402 g/mol. The number of hydrogen-bond donors (Lipinski definition) is 2. The molecule has 3 rings (SSSR count). The van der Waals surface area contributed by atoms with E-state index in [1.165, 1.54) is 18.2 Å². The number of morpholine rings is 1. The molecule has 1 aromatic heterocycles. The molecule has 0 amide bonds. The lowest BCUT2D eigenvalue weighted by Gasteiger charge is -2.23. The first kappa shape index (κ1) is 21.0. The second kappa shape index (κ2) is 10.2. The molecule has 8 heteroatoms.